The number of para-hydroxylation sites is 1. The number of carbonyl (C=O) groups excluding carboxylic acids is 3. The summed E-state index contributed by atoms with van der Waals surface area (Å²) in [5.41, 5.74) is 18.5. The topological polar surface area (TPSA) is 305 Å². The summed E-state index contributed by atoms with van der Waals surface area (Å²) in [7, 11) is 0. The van der Waals surface area contributed by atoms with E-state index in [4.69, 9.17) is 27.4 Å². The van der Waals surface area contributed by atoms with E-state index in [0.717, 1.165) is 16.5 Å². The van der Waals surface area contributed by atoms with Gasteiger partial charge in [0.15, 0.2) is 5.96 Å². The van der Waals surface area contributed by atoms with Gasteiger partial charge in [-0.05, 0) is 43.7 Å². The molecule has 2 aromatic rings. The van der Waals surface area contributed by atoms with E-state index in [9.17, 15) is 33.9 Å². The second-order valence-electron chi connectivity index (χ2n) is 10.0. The number of nitrogens with one attached hydrogen (secondary N) is 4. The molecule has 240 valence electrons. The minimum Gasteiger partial charge on any atom is -0.481 e. The number of nitrogens with zero attached hydrogens (tertiary/aromatic N) is 1. The third-order valence-electron chi connectivity index (χ3n) is 6.57. The average molecular weight is 619 g/mol. The summed E-state index contributed by atoms with van der Waals surface area (Å²) in [4.78, 5) is 79.9. The fourth-order valence-electron chi connectivity index (χ4n) is 4.29. The quantitative estimate of drug-likeness (QED) is 0.0481. The van der Waals surface area contributed by atoms with Crippen LogP contribution in [0.15, 0.2) is 35.5 Å². The number of nitrogens with two attached hydrogens (primary N) is 3. The first-order valence-electron chi connectivity index (χ1n) is 13.7. The maximum Gasteiger partial charge on any atom is 0.326 e. The van der Waals surface area contributed by atoms with Crippen LogP contribution in [0.3, 0.4) is 0 Å². The third kappa shape index (κ3) is 11.6. The number of carboxylic acids is 3. The molecule has 17 nitrogen and oxygen atoms in total. The molecule has 0 aliphatic rings. The second kappa shape index (κ2) is 17.1. The SMILES string of the molecule is NC(N)=NCCCC(NC(=O)C(N)Cc1c[nH]c2ccccc12)C(=O)NC(CCC(=O)O)C(=O)NC(CCC(=O)O)C(=O)O. The molecule has 0 spiro atoms. The lowest BCUT2D eigenvalue weighted by molar-refractivity contribution is -0.144. The number of guanidine groups is 1. The van der Waals surface area contributed by atoms with Gasteiger partial charge in [0.05, 0.1) is 6.04 Å². The fraction of sp³-hybridized carbons (Fsp3) is 0.444. The number of carboxylic acid groups (broad SMARTS) is 3. The molecule has 1 aromatic heterocycles. The minimum absolute atomic E-state index is 0.00219. The zero-order valence-corrected chi connectivity index (χ0v) is 23.8. The highest BCUT2D eigenvalue weighted by atomic mass is 16.4. The average Bonchev–Trinajstić information content (AvgIpc) is 3.36. The molecule has 13 N–H and O–H groups in total. The fourth-order valence-corrected chi connectivity index (χ4v) is 4.29. The van der Waals surface area contributed by atoms with Crippen LogP contribution in [0.25, 0.3) is 10.9 Å². The van der Waals surface area contributed by atoms with Crippen LogP contribution in [0.4, 0.5) is 0 Å². The van der Waals surface area contributed by atoms with Gasteiger partial charge in [0.1, 0.15) is 18.1 Å². The smallest absolute Gasteiger partial charge is 0.326 e. The molecule has 1 aromatic carbocycles. The summed E-state index contributed by atoms with van der Waals surface area (Å²) in [6.45, 7) is 0.107. The molecule has 0 saturated carbocycles. The van der Waals surface area contributed by atoms with Crippen molar-refractivity contribution in [3.05, 3.63) is 36.0 Å². The van der Waals surface area contributed by atoms with E-state index in [-0.39, 0.29) is 31.8 Å². The molecule has 0 radical (unpaired) electrons. The van der Waals surface area contributed by atoms with Gasteiger partial charge in [-0.25, -0.2) is 4.79 Å². The molecule has 0 bridgehead atoms. The van der Waals surface area contributed by atoms with Gasteiger partial charge in [-0.2, -0.15) is 0 Å². The Morgan fingerprint density at radius 2 is 1.34 bits per heavy atom. The number of aliphatic carboxylic acids is 3. The number of aromatic nitrogens is 1. The Kier molecular flexibility index (Phi) is 13.6. The molecule has 4 atom stereocenters. The lowest BCUT2D eigenvalue weighted by atomic mass is 10.0. The third-order valence-corrected chi connectivity index (χ3v) is 6.57. The van der Waals surface area contributed by atoms with E-state index in [1.165, 1.54) is 0 Å². The molecule has 2 rings (SSSR count). The Balaban J connectivity index is 2.20. The Morgan fingerprint density at radius 1 is 0.795 bits per heavy atom. The van der Waals surface area contributed by atoms with Crippen molar-refractivity contribution >= 4 is 52.5 Å². The first kappa shape index (κ1) is 35.0. The Labute approximate surface area is 251 Å². The predicted octanol–water partition coefficient (Wildman–Crippen LogP) is -1.64. The summed E-state index contributed by atoms with van der Waals surface area (Å²) in [6, 6.07) is 1.95. The van der Waals surface area contributed by atoms with Gasteiger partial charge in [0.2, 0.25) is 17.7 Å². The first-order valence-corrected chi connectivity index (χ1v) is 13.7. The highest BCUT2D eigenvalue weighted by Crippen LogP contribution is 2.19. The van der Waals surface area contributed by atoms with Gasteiger partial charge >= 0.3 is 17.9 Å². The molecule has 44 heavy (non-hydrogen) atoms. The number of rotatable bonds is 19. The largest absolute Gasteiger partial charge is 0.481 e. The van der Waals surface area contributed by atoms with Gasteiger partial charge in [-0.1, -0.05) is 18.2 Å². The van der Waals surface area contributed by atoms with Crippen LogP contribution in [-0.2, 0) is 35.2 Å². The summed E-state index contributed by atoms with van der Waals surface area (Å²) in [6.07, 6.45) is 0.0710. The van der Waals surface area contributed by atoms with Crippen LogP contribution in [0.2, 0.25) is 0 Å². The molecule has 3 amide bonds. The van der Waals surface area contributed by atoms with Crippen LogP contribution in [0.5, 0.6) is 0 Å². The van der Waals surface area contributed by atoms with Crippen molar-refractivity contribution in [2.45, 2.75) is 69.1 Å². The maximum absolute atomic E-state index is 13.3. The van der Waals surface area contributed by atoms with Gasteiger partial charge in [-0.15, -0.1) is 0 Å². The van der Waals surface area contributed by atoms with Crippen molar-refractivity contribution in [2.75, 3.05) is 6.54 Å². The number of hydrogen-bond donors (Lipinski definition) is 10. The minimum atomic E-state index is -1.61. The maximum atomic E-state index is 13.3. The Hall–Kier alpha value is -5.19. The molecule has 1 heterocycles. The van der Waals surface area contributed by atoms with Crippen molar-refractivity contribution in [3.8, 4) is 0 Å². The van der Waals surface area contributed by atoms with Crippen LogP contribution in [0.1, 0.15) is 44.1 Å². The van der Waals surface area contributed by atoms with E-state index in [1.807, 2.05) is 24.3 Å². The number of aromatic amines is 1. The monoisotopic (exact) mass is 618 g/mol. The van der Waals surface area contributed by atoms with Crippen LogP contribution in [0, 0.1) is 0 Å². The normalized spacial score (nSPS) is 13.6. The Morgan fingerprint density at radius 3 is 1.93 bits per heavy atom. The molecular formula is C27H38N8O9. The Bertz CT molecular complexity index is 1370. The number of fused-ring (bicyclic) bond motifs is 1. The zero-order valence-electron chi connectivity index (χ0n) is 23.8. The van der Waals surface area contributed by atoms with E-state index >= 15 is 0 Å². The molecule has 0 fully saturated rings. The van der Waals surface area contributed by atoms with Crippen LogP contribution < -0.4 is 33.2 Å². The number of benzene rings is 1. The lowest BCUT2D eigenvalue weighted by Crippen LogP contribution is -2.57. The molecule has 0 aliphatic heterocycles. The number of H-pyrrole nitrogens is 1. The van der Waals surface area contributed by atoms with Crippen LogP contribution >= 0.6 is 0 Å². The molecule has 0 saturated heterocycles. The van der Waals surface area contributed by atoms with Crippen molar-refractivity contribution in [2.24, 2.45) is 22.2 Å². The second-order valence-corrected chi connectivity index (χ2v) is 10.0. The zero-order chi connectivity index (χ0) is 32.8. The van der Waals surface area contributed by atoms with Gasteiger partial charge in [-0.3, -0.25) is 29.0 Å². The lowest BCUT2D eigenvalue weighted by Gasteiger charge is -2.25. The molecule has 0 aliphatic carbocycles. The van der Waals surface area contributed by atoms with Crippen molar-refractivity contribution in [3.63, 3.8) is 0 Å². The van der Waals surface area contributed by atoms with Crippen molar-refractivity contribution < 1.29 is 44.1 Å². The first-order chi connectivity index (χ1) is 20.8. The molecular weight excluding hydrogens is 580 g/mol. The van der Waals surface area contributed by atoms with Crippen molar-refractivity contribution in [1.82, 2.24) is 20.9 Å². The summed E-state index contributed by atoms with van der Waals surface area (Å²) in [5, 5.41) is 35.3. The highest BCUT2D eigenvalue weighted by Gasteiger charge is 2.31. The van der Waals surface area contributed by atoms with Gasteiger partial charge in [0, 0.05) is 36.5 Å². The van der Waals surface area contributed by atoms with Crippen molar-refractivity contribution in [1.29, 1.82) is 0 Å². The predicted molar refractivity (Wildman–Crippen MR) is 157 cm³/mol. The highest BCUT2D eigenvalue weighted by molar-refractivity contribution is 5.94. The summed E-state index contributed by atoms with van der Waals surface area (Å²) >= 11 is 0. The van der Waals surface area contributed by atoms with E-state index in [1.54, 1.807) is 6.20 Å². The molecule has 17 heteroatoms. The van der Waals surface area contributed by atoms with E-state index in [2.05, 4.69) is 25.9 Å². The number of carbonyl (C=O) groups is 6. The van der Waals surface area contributed by atoms with E-state index in [0.29, 0.717) is 0 Å². The standard InChI is InChI=1S/C27H38N8O9/c28-16(12-14-13-32-17-5-2-1-4-15(14)17)23(40)33-18(6-3-11-31-27(29)30)24(41)34-19(7-9-21(36)37)25(42)35-20(26(43)44)8-10-22(38)39/h1-2,4-5,13,16,18-20,32H,3,6-12,28H2,(H,33,40)(H,34,41)(H,35,42)(H,36,37)(H,38,39)(H,43,44)(H4,29,30,31). The summed E-state index contributed by atoms with van der Waals surface area (Å²) in [5.74, 6) is -6.87. The van der Waals surface area contributed by atoms with E-state index < -0.39 is 85.5 Å². The molecule has 4 unspecified atom stereocenters. The number of hydrogen-bond acceptors (Lipinski definition) is 8. The van der Waals surface area contributed by atoms with Crippen LogP contribution in [-0.4, -0.2) is 92.6 Å². The van der Waals surface area contributed by atoms with Gasteiger partial charge < -0.3 is 53.5 Å². The number of amides is 3. The van der Waals surface area contributed by atoms with Gasteiger partial charge in [0.25, 0.3) is 0 Å². The summed E-state index contributed by atoms with van der Waals surface area (Å²) < 4.78 is 0. The number of aliphatic imine (C=N–C) groups is 1.